The molecule has 0 saturated heterocycles. The summed E-state index contributed by atoms with van der Waals surface area (Å²) in [6.07, 6.45) is 0.256. The molecule has 0 aliphatic heterocycles. The van der Waals surface area contributed by atoms with Gasteiger partial charge in [0, 0.05) is 26.2 Å². The van der Waals surface area contributed by atoms with Gasteiger partial charge in [0.1, 0.15) is 0 Å². The molecule has 0 bridgehead atoms. The number of allylic oxidation sites excluding steroid dienone is 1. The van der Waals surface area contributed by atoms with E-state index in [4.69, 9.17) is 4.74 Å². The van der Waals surface area contributed by atoms with Crippen LogP contribution in [-0.4, -0.2) is 71.4 Å². The van der Waals surface area contributed by atoms with Crippen LogP contribution in [0.4, 0.5) is 0 Å². The number of ether oxygens (including phenoxy) is 1. The number of hydrogen-bond acceptors (Lipinski definition) is 5. The predicted molar refractivity (Wildman–Crippen MR) is 80.7 cm³/mol. The molecule has 3 unspecified atom stereocenters. The molecule has 0 saturated carbocycles. The van der Waals surface area contributed by atoms with Crippen LogP contribution in [0.2, 0.25) is 0 Å². The number of aliphatic hydroxyl groups excluding tert-OH is 3. The van der Waals surface area contributed by atoms with Crippen molar-refractivity contribution in [1.29, 1.82) is 0 Å². The van der Waals surface area contributed by atoms with Crippen LogP contribution in [-0.2, 0) is 4.74 Å². The second kappa shape index (κ2) is 11.2. The number of rotatable bonds is 12. The lowest BCUT2D eigenvalue weighted by atomic mass is 10.2. The van der Waals surface area contributed by atoms with E-state index in [0.717, 1.165) is 18.4 Å². The van der Waals surface area contributed by atoms with Crippen molar-refractivity contribution in [1.82, 2.24) is 4.90 Å². The summed E-state index contributed by atoms with van der Waals surface area (Å²) in [6.45, 7) is 11.3. The molecule has 5 nitrogen and oxygen atoms in total. The van der Waals surface area contributed by atoms with Crippen molar-refractivity contribution in [2.75, 3.05) is 32.8 Å². The Morgan fingerprint density at radius 1 is 1.10 bits per heavy atom. The van der Waals surface area contributed by atoms with E-state index < -0.39 is 18.3 Å². The SMILES string of the molecule is C=C(C)CCCOCC(O)CN(CC(C)O)CC(C)O. The van der Waals surface area contributed by atoms with Gasteiger partial charge in [-0.3, -0.25) is 4.90 Å². The van der Waals surface area contributed by atoms with E-state index >= 15 is 0 Å². The summed E-state index contributed by atoms with van der Waals surface area (Å²) in [5, 5.41) is 28.7. The van der Waals surface area contributed by atoms with Gasteiger partial charge in [-0.05, 0) is 33.6 Å². The molecule has 0 radical (unpaired) electrons. The minimum absolute atomic E-state index is 0.270. The first-order valence-electron chi connectivity index (χ1n) is 7.30. The lowest BCUT2D eigenvalue weighted by Gasteiger charge is -2.27. The summed E-state index contributed by atoms with van der Waals surface area (Å²) < 4.78 is 5.41. The summed E-state index contributed by atoms with van der Waals surface area (Å²) in [6, 6.07) is 0. The summed E-state index contributed by atoms with van der Waals surface area (Å²) in [7, 11) is 0. The molecule has 5 heteroatoms. The Balaban J connectivity index is 3.87. The summed E-state index contributed by atoms with van der Waals surface area (Å²) in [5.74, 6) is 0. The molecule has 0 aromatic carbocycles. The highest BCUT2D eigenvalue weighted by atomic mass is 16.5. The standard InChI is InChI=1S/C15H31NO4/c1-12(2)6-5-7-20-11-15(19)10-16(8-13(3)17)9-14(4)18/h13-15,17-19H,1,5-11H2,2-4H3. The normalized spacial score (nSPS) is 16.1. The van der Waals surface area contributed by atoms with E-state index in [9.17, 15) is 15.3 Å². The van der Waals surface area contributed by atoms with E-state index in [-0.39, 0.29) is 6.61 Å². The quantitative estimate of drug-likeness (QED) is 0.366. The van der Waals surface area contributed by atoms with Gasteiger partial charge in [-0.25, -0.2) is 0 Å². The molecular formula is C15H31NO4. The van der Waals surface area contributed by atoms with Crippen LogP contribution in [0.1, 0.15) is 33.6 Å². The molecule has 0 aromatic heterocycles. The second-order valence-corrected chi connectivity index (χ2v) is 5.71. The van der Waals surface area contributed by atoms with E-state index in [2.05, 4.69) is 6.58 Å². The summed E-state index contributed by atoms with van der Waals surface area (Å²) in [5.41, 5.74) is 1.13. The zero-order chi connectivity index (χ0) is 15.5. The summed E-state index contributed by atoms with van der Waals surface area (Å²) >= 11 is 0. The number of aliphatic hydroxyl groups is 3. The second-order valence-electron chi connectivity index (χ2n) is 5.71. The van der Waals surface area contributed by atoms with Crippen molar-refractivity contribution in [2.45, 2.75) is 51.9 Å². The van der Waals surface area contributed by atoms with Gasteiger partial charge < -0.3 is 20.1 Å². The molecule has 0 fully saturated rings. The smallest absolute Gasteiger partial charge is 0.0900 e. The minimum Gasteiger partial charge on any atom is -0.392 e. The van der Waals surface area contributed by atoms with Crippen LogP contribution in [0.5, 0.6) is 0 Å². The van der Waals surface area contributed by atoms with Crippen LogP contribution in [0.3, 0.4) is 0 Å². The van der Waals surface area contributed by atoms with Gasteiger partial charge in [0.2, 0.25) is 0 Å². The van der Waals surface area contributed by atoms with Crippen molar-refractivity contribution in [3.8, 4) is 0 Å². The Morgan fingerprint density at radius 3 is 2.10 bits per heavy atom. The van der Waals surface area contributed by atoms with Crippen LogP contribution < -0.4 is 0 Å². The van der Waals surface area contributed by atoms with Crippen LogP contribution in [0.15, 0.2) is 12.2 Å². The van der Waals surface area contributed by atoms with Gasteiger partial charge in [0.25, 0.3) is 0 Å². The topological polar surface area (TPSA) is 73.2 Å². The van der Waals surface area contributed by atoms with Crippen molar-refractivity contribution in [2.24, 2.45) is 0 Å². The van der Waals surface area contributed by atoms with E-state index in [1.807, 2.05) is 11.8 Å². The third-order valence-electron chi connectivity index (χ3n) is 2.72. The van der Waals surface area contributed by atoms with Crippen LogP contribution >= 0.6 is 0 Å². The highest BCUT2D eigenvalue weighted by molar-refractivity contribution is 4.87. The van der Waals surface area contributed by atoms with Gasteiger partial charge in [-0.1, -0.05) is 5.57 Å². The largest absolute Gasteiger partial charge is 0.392 e. The molecule has 120 valence electrons. The third kappa shape index (κ3) is 12.6. The lowest BCUT2D eigenvalue weighted by molar-refractivity contribution is -0.000306. The predicted octanol–water partition coefficient (Wildman–Crippen LogP) is 0.784. The molecule has 0 heterocycles. The molecule has 0 aliphatic rings. The van der Waals surface area contributed by atoms with Gasteiger partial charge in [0.15, 0.2) is 0 Å². The molecule has 0 aromatic rings. The monoisotopic (exact) mass is 289 g/mol. The third-order valence-corrected chi connectivity index (χ3v) is 2.72. The first-order valence-corrected chi connectivity index (χ1v) is 7.30. The molecule has 0 aliphatic carbocycles. The molecule has 0 rings (SSSR count). The van der Waals surface area contributed by atoms with Crippen molar-refractivity contribution in [3.63, 3.8) is 0 Å². The maximum absolute atomic E-state index is 9.91. The fraction of sp³-hybridized carbons (Fsp3) is 0.867. The van der Waals surface area contributed by atoms with E-state index in [1.165, 1.54) is 0 Å². The summed E-state index contributed by atoms with van der Waals surface area (Å²) in [4.78, 5) is 1.84. The number of hydrogen-bond donors (Lipinski definition) is 3. The average molecular weight is 289 g/mol. The minimum atomic E-state index is -0.614. The van der Waals surface area contributed by atoms with Crippen LogP contribution in [0, 0.1) is 0 Å². The van der Waals surface area contributed by atoms with Gasteiger partial charge in [-0.2, -0.15) is 0 Å². The zero-order valence-corrected chi connectivity index (χ0v) is 13.1. The highest BCUT2D eigenvalue weighted by Gasteiger charge is 2.15. The van der Waals surface area contributed by atoms with Crippen molar-refractivity contribution >= 4 is 0 Å². The Hall–Kier alpha value is -0.460. The Labute approximate surface area is 122 Å². The van der Waals surface area contributed by atoms with Gasteiger partial charge in [-0.15, -0.1) is 6.58 Å². The molecule has 0 amide bonds. The molecule has 3 N–H and O–H groups in total. The molecule has 3 atom stereocenters. The highest BCUT2D eigenvalue weighted by Crippen LogP contribution is 2.02. The fourth-order valence-electron chi connectivity index (χ4n) is 2.02. The van der Waals surface area contributed by atoms with Gasteiger partial charge in [0.05, 0.1) is 24.9 Å². The van der Waals surface area contributed by atoms with E-state index in [0.29, 0.717) is 26.2 Å². The molecule has 20 heavy (non-hydrogen) atoms. The average Bonchev–Trinajstić information content (AvgIpc) is 2.25. The van der Waals surface area contributed by atoms with Crippen molar-refractivity contribution in [3.05, 3.63) is 12.2 Å². The fourth-order valence-corrected chi connectivity index (χ4v) is 2.02. The lowest BCUT2D eigenvalue weighted by Crippen LogP contribution is -2.42. The maximum atomic E-state index is 9.91. The maximum Gasteiger partial charge on any atom is 0.0900 e. The number of nitrogens with zero attached hydrogens (tertiary/aromatic N) is 1. The molecular weight excluding hydrogens is 258 g/mol. The Kier molecular flexibility index (Phi) is 11.0. The van der Waals surface area contributed by atoms with Gasteiger partial charge >= 0.3 is 0 Å². The zero-order valence-electron chi connectivity index (χ0n) is 13.1. The Morgan fingerprint density at radius 2 is 1.65 bits per heavy atom. The van der Waals surface area contributed by atoms with E-state index in [1.54, 1.807) is 13.8 Å². The first kappa shape index (κ1) is 19.5. The van der Waals surface area contributed by atoms with Crippen LogP contribution in [0.25, 0.3) is 0 Å². The molecule has 0 spiro atoms. The first-order chi connectivity index (χ1) is 9.31. The Bertz CT molecular complexity index is 246. The van der Waals surface area contributed by atoms with Crippen molar-refractivity contribution < 1.29 is 20.1 Å².